The third-order valence-electron chi connectivity index (χ3n) is 2.48. The van der Waals surface area contributed by atoms with Crippen molar-refractivity contribution in [3.8, 4) is 0 Å². The highest BCUT2D eigenvalue weighted by molar-refractivity contribution is 9.10. The van der Waals surface area contributed by atoms with Crippen LogP contribution < -0.4 is 5.73 Å². The number of nitrogens with two attached hydrogens (primary N) is 1. The molecule has 0 aromatic heterocycles. The van der Waals surface area contributed by atoms with Crippen molar-refractivity contribution >= 4 is 15.9 Å². The van der Waals surface area contributed by atoms with Crippen LogP contribution in [0.15, 0.2) is 53.0 Å². The minimum Gasteiger partial charge on any atom is -0.320 e. The fourth-order valence-electron chi connectivity index (χ4n) is 1.60. The Hall–Kier alpha value is -1.19. The van der Waals surface area contributed by atoms with Crippen LogP contribution in [0.5, 0.6) is 0 Å². The first-order valence-corrected chi connectivity index (χ1v) is 5.74. The van der Waals surface area contributed by atoms with Crippen molar-refractivity contribution in [2.75, 3.05) is 0 Å². The molecule has 2 aromatic carbocycles. The molecule has 1 nitrogen and oxygen atoms in total. The first-order chi connectivity index (χ1) is 7.70. The van der Waals surface area contributed by atoms with E-state index in [9.17, 15) is 4.39 Å². The van der Waals surface area contributed by atoms with Crippen molar-refractivity contribution in [1.29, 1.82) is 0 Å². The van der Waals surface area contributed by atoms with Crippen LogP contribution >= 0.6 is 15.9 Å². The van der Waals surface area contributed by atoms with Gasteiger partial charge in [0, 0.05) is 5.56 Å². The third-order valence-corrected chi connectivity index (χ3v) is 3.09. The second-order valence-electron chi connectivity index (χ2n) is 3.53. The van der Waals surface area contributed by atoms with Crippen molar-refractivity contribution in [2.24, 2.45) is 5.73 Å². The van der Waals surface area contributed by atoms with Gasteiger partial charge in [-0.05, 0) is 27.6 Å². The first-order valence-electron chi connectivity index (χ1n) is 4.94. The minimum absolute atomic E-state index is 0.293. The second-order valence-corrected chi connectivity index (χ2v) is 4.39. The summed E-state index contributed by atoms with van der Waals surface area (Å²) in [5.74, 6) is -0.293. The van der Waals surface area contributed by atoms with Gasteiger partial charge in [-0.1, -0.05) is 42.5 Å². The molecule has 1 atom stereocenters. The van der Waals surface area contributed by atoms with Crippen LogP contribution in [-0.4, -0.2) is 0 Å². The van der Waals surface area contributed by atoms with Crippen molar-refractivity contribution in [3.63, 3.8) is 0 Å². The molecule has 2 N–H and O–H groups in total. The van der Waals surface area contributed by atoms with E-state index < -0.39 is 6.04 Å². The Balaban J connectivity index is 2.42. The predicted molar refractivity (Wildman–Crippen MR) is 66.6 cm³/mol. The van der Waals surface area contributed by atoms with Gasteiger partial charge in [0.1, 0.15) is 5.82 Å². The molecule has 0 saturated carbocycles. The van der Waals surface area contributed by atoms with E-state index in [0.29, 0.717) is 10.0 Å². The molecule has 0 bridgehead atoms. The molecule has 0 amide bonds. The van der Waals surface area contributed by atoms with Gasteiger partial charge in [0.05, 0.1) is 10.5 Å². The maximum Gasteiger partial charge on any atom is 0.142 e. The Morgan fingerprint density at radius 3 is 2.38 bits per heavy atom. The summed E-state index contributed by atoms with van der Waals surface area (Å²) in [4.78, 5) is 0. The summed E-state index contributed by atoms with van der Waals surface area (Å²) in [6.07, 6.45) is 0. The molecule has 82 valence electrons. The average molecular weight is 280 g/mol. The Bertz CT molecular complexity index is 485. The Kier molecular flexibility index (Phi) is 3.36. The normalized spacial score (nSPS) is 12.4. The lowest BCUT2D eigenvalue weighted by molar-refractivity contribution is 0.593. The van der Waals surface area contributed by atoms with Gasteiger partial charge in [0.2, 0.25) is 0 Å². The molecule has 0 aliphatic carbocycles. The molecule has 0 aliphatic heterocycles. The predicted octanol–water partition coefficient (Wildman–Crippen LogP) is 3.64. The highest BCUT2D eigenvalue weighted by Gasteiger charge is 2.14. The minimum atomic E-state index is -0.432. The van der Waals surface area contributed by atoms with Crippen molar-refractivity contribution in [2.45, 2.75) is 6.04 Å². The number of hydrogen-bond donors (Lipinski definition) is 1. The van der Waals surface area contributed by atoms with Crippen molar-refractivity contribution in [3.05, 3.63) is 69.9 Å². The third kappa shape index (κ3) is 2.15. The van der Waals surface area contributed by atoms with Crippen LogP contribution in [0, 0.1) is 5.82 Å². The lowest BCUT2D eigenvalue weighted by Crippen LogP contribution is -2.13. The van der Waals surface area contributed by atoms with Crippen molar-refractivity contribution in [1.82, 2.24) is 0 Å². The maximum absolute atomic E-state index is 13.8. The molecule has 0 radical (unpaired) electrons. The first kappa shape index (κ1) is 11.3. The number of rotatable bonds is 2. The zero-order chi connectivity index (χ0) is 11.5. The topological polar surface area (TPSA) is 26.0 Å². The van der Waals surface area contributed by atoms with Gasteiger partial charge in [-0.2, -0.15) is 0 Å². The van der Waals surface area contributed by atoms with Gasteiger partial charge < -0.3 is 5.73 Å². The van der Waals surface area contributed by atoms with Gasteiger partial charge in [-0.15, -0.1) is 0 Å². The molecular formula is C13H11BrFN. The van der Waals surface area contributed by atoms with Gasteiger partial charge in [0.25, 0.3) is 0 Å². The molecule has 0 saturated heterocycles. The average Bonchev–Trinajstić information content (AvgIpc) is 2.33. The highest BCUT2D eigenvalue weighted by atomic mass is 79.9. The number of halogens is 2. The summed E-state index contributed by atoms with van der Waals surface area (Å²) in [5.41, 5.74) is 7.43. The van der Waals surface area contributed by atoms with Gasteiger partial charge >= 0.3 is 0 Å². The molecule has 0 spiro atoms. The Labute approximate surface area is 102 Å². The summed E-state index contributed by atoms with van der Waals surface area (Å²) in [7, 11) is 0. The summed E-state index contributed by atoms with van der Waals surface area (Å²) >= 11 is 3.16. The number of benzene rings is 2. The van der Waals surface area contributed by atoms with E-state index in [2.05, 4.69) is 15.9 Å². The van der Waals surface area contributed by atoms with Crippen LogP contribution in [-0.2, 0) is 0 Å². The van der Waals surface area contributed by atoms with E-state index in [4.69, 9.17) is 5.73 Å². The summed E-state index contributed by atoms with van der Waals surface area (Å²) < 4.78 is 14.3. The highest BCUT2D eigenvalue weighted by Crippen LogP contribution is 2.26. The smallest absolute Gasteiger partial charge is 0.142 e. The maximum atomic E-state index is 13.8. The molecular weight excluding hydrogens is 269 g/mol. The van der Waals surface area contributed by atoms with Crippen LogP contribution in [0.3, 0.4) is 0 Å². The molecule has 2 rings (SSSR count). The standard InChI is InChI=1S/C13H11BrFN/c14-11-8-4-7-10(12(11)15)13(16)9-5-2-1-3-6-9/h1-8,13H,16H2. The zero-order valence-electron chi connectivity index (χ0n) is 8.53. The van der Waals surface area contributed by atoms with Crippen LogP contribution in [0.1, 0.15) is 17.2 Å². The molecule has 1 unspecified atom stereocenters. The van der Waals surface area contributed by atoms with E-state index >= 15 is 0 Å². The zero-order valence-corrected chi connectivity index (χ0v) is 10.1. The molecule has 0 fully saturated rings. The van der Waals surface area contributed by atoms with Crippen LogP contribution in [0.4, 0.5) is 4.39 Å². The molecule has 0 aliphatic rings. The van der Waals surface area contributed by atoms with Crippen LogP contribution in [0.25, 0.3) is 0 Å². The lowest BCUT2D eigenvalue weighted by atomic mass is 9.99. The summed E-state index contributed by atoms with van der Waals surface area (Å²) in [6.45, 7) is 0. The molecule has 2 aromatic rings. The van der Waals surface area contributed by atoms with E-state index in [1.807, 2.05) is 30.3 Å². The SMILES string of the molecule is NC(c1ccccc1)c1cccc(Br)c1F. The molecule has 0 heterocycles. The fraction of sp³-hybridized carbons (Fsp3) is 0.0769. The Morgan fingerprint density at radius 2 is 1.69 bits per heavy atom. The van der Waals surface area contributed by atoms with Gasteiger partial charge in [-0.3, -0.25) is 0 Å². The van der Waals surface area contributed by atoms with E-state index in [0.717, 1.165) is 5.56 Å². The van der Waals surface area contributed by atoms with Gasteiger partial charge in [-0.25, -0.2) is 4.39 Å². The largest absolute Gasteiger partial charge is 0.320 e. The lowest BCUT2D eigenvalue weighted by Gasteiger charge is -2.13. The quantitative estimate of drug-likeness (QED) is 0.893. The van der Waals surface area contributed by atoms with E-state index in [-0.39, 0.29) is 5.82 Å². The fourth-order valence-corrected chi connectivity index (χ4v) is 1.98. The molecule has 16 heavy (non-hydrogen) atoms. The monoisotopic (exact) mass is 279 g/mol. The molecule has 3 heteroatoms. The van der Waals surface area contributed by atoms with Gasteiger partial charge in [0.15, 0.2) is 0 Å². The Morgan fingerprint density at radius 1 is 1.00 bits per heavy atom. The van der Waals surface area contributed by atoms with Crippen LogP contribution in [0.2, 0.25) is 0 Å². The number of hydrogen-bond acceptors (Lipinski definition) is 1. The summed E-state index contributed by atoms with van der Waals surface area (Å²) in [5, 5.41) is 0. The van der Waals surface area contributed by atoms with E-state index in [1.54, 1.807) is 18.2 Å². The second kappa shape index (κ2) is 4.76. The van der Waals surface area contributed by atoms with Crippen molar-refractivity contribution < 1.29 is 4.39 Å². The summed E-state index contributed by atoms with van der Waals surface area (Å²) in [6, 6.07) is 14.2. The van der Waals surface area contributed by atoms with E-state index in [1.165, 1.54) is 0 Å².